The predicted octanol–water partition coefficient (Wildman–Crippen LogP) is 4.84. The molecule has 0 aliphatic carbocycles. The van der Waals surface area contributed by atoms with E-state index in [2.05, 4.69) is 0 Å². The zero-order valence-electron chi connectivity index (χ0n) is 13.9. The number of benzene rings is 3. The van der Waals surface area contributed by atoms with Crippen LogP contribution in [0.1, 0.15) is 16.7 Å². The van der Waals surface area contributed by atoms with Crippen molar-refractivity contribution in [2.75, 3.05) is 0 Å². The van der Waals surface area contributed by atoms with Gasteiger partial charge in [-0.25, -0.2) is 17.2 Å². The van der Waals surface area contributed by atoms with E-state index in [4.69, 9.17) is 0 Å². The van der Waals surface area contributed by atoms with Crippen LogP contribution in [0.4, 0.5) is 8.78 Å². The van der Waals surface area contributed by atoms with Crippen LogP contribution in [0, 0.1) is 23.0 Å². The summed E-state index contributed by atoms with van der Waals surface area (Å²) >= 11 is 0. The topological polar surface area (TPSA) is 57.9 Å². The number of nitriles is 1. The highest BCUT2D eigenvalue weighted by Gasteiger charge is 2.18. The summed E-state index contributed by atoms with van der Waals surface area (Å²) in [6, 6.07) is 17.2. The van der Waals surface area contributed by atoms with Crippen molar-refractivity contribution < 1.29 is 17.2 Å². The molecule has 3 aromatic carbocycles. The first-order valence-electron chi connectivity index (χ1n) is 7.89. The molecule has 27 heavy (non-hydrogen) atoms. The summed E-state index contributed by atoms with van der Waals surface area (Å²) in [5.41, 5.74) is 0.709. The number of hydrogen-bond acceptors (Lipinski definition) is 3. The summed E-state index contributed by atoms with van der Waals surface area (Å²) in [6.45, 7) is 0. The van der Waals surface area contributed by atoms with Crippen molar-refractivity contribution in [2.24, 2.45) is 0 Å². The van der Waals surface area contributed by atoms with E-state index >= 15 is 0 Å². The summed E-state index contributed by atoms with van der Waals surface area (Å²) in [5, 5.41) is 9.36. The van der Waals surface area contributed by atoms with Crippen molar-refractivity contribution in [3.8, 4) is 6.07 Å². The van der Waals surface area contributed by atoms with Crippen LogP contribution in [-0.4, -0.2) is 8.42 Å². The van der Waals surface area contributed by atoms with Crippen LogP contribution in [-0.2, 0) is 9.84 Å². The fraction of sp³-hybridized carbons (Fsp3) is 0. The third-order valence-electron chi connectivity index (χ3n) is 3.91. The molecule has 0 fully saturated rings. The van der Waals surface area contributed by atoms with Crippen molar-refractivity contribution in [1.29, 1.82) is 5.26 Å². The van der Waals surface area contributed by atoms with E-state index in [0.29, 0.717) is 5.56 Å². The molecule has 134 valence electrons. The van der Waals surface area contributed by atoms with Gasteiger partial charge in [0.1, 0.15) is 11.6 Å². The third-order valence-corrected chi connectivity index (χ3v) is 5.68. The molecular weight excluding hydrogens is 368 g/mol. The standard InChI is InChI=1S/C21H13F2NO2S/c22-18-10-8-16(21(23)13-18)7-6-15-9-11-20(12-17(15)14-24)27(25,26)19-4-2-1-3-5-19/h1-13H/b7-6+. The third kappa shape index (κ3) is 3.94. The van der Waals surface area contributed by atoms with Gasteiger partial charge in [-0.15, -0.1) is 0 Å². The van der Waals surface area contributed by atoms with Gasteiger partial charge < -0.3 is 0 Å². The average molecular weight is 381 g/mol. The van der Waals surface area contributed by atoms with E-state index in [1.165, 1.54) is 48.6 Å². The molecule has 0 atom stereocenters. The molecule has 0 saturated heterocycles. The van der Waals surface area contributed by atoms with Crippen LogP contribution >= 0.6 is 0 Å². The van der Waals surface area contributed by atoms with Crippen LogP contribution in [0.25, 0.3) is 12.2 Å². The Morgan fingerprint density at radius 3 is 2.15 bits per heavy atom. The molecule has 3 nitrogen and oxygen atoms in total. The smallest absolute Gasteiger partial charge is 0.206 e. The molecule has 0 radical (unpaired) electrons. The highest BCUT2D eigenvalue weighted by molar-refractivity contribution is 7.91. The van der Waals surface area contributed by atoms with Gasteiger partial charge in [-0.2, -0.15) is 5.26 Å². The Bertz CT molecular complexity index is 1160. The second-order valence-corrected chi connectivity index (χ2v) is 7.63. The van der Waals surface area contributed by atoms with Gasteiger partial charge in [-0.05, 0) is 42.0 Å². The van der Waals surface area contributed by atoms with Gasteiger partial charge in [0.05, 0.1) is 21.4 Å². The zero-order valence-corrected chi connectivity index (χ0v) is 14.7. The number of halogens is 2. The van der Waals surface area contributed by atoms with Crippen LogP contribution in [0.2, 0.25) is 0 Å². The SMILES string of the molecule is N#Cc1cc(S(=O)(=O)c2ccccc2)ccc1/C=C/c1ccc(F)cc1F. The first-order chi connectivity index (χ1) is 12.9. The lowest BCUT2D eigenvalue weighted by Crippen LogP contribution is -2.02. The Labute approximate surface area is 155 Å². The molecule has 0 spiro atoms. The van der Waals surface area contributed by atoms with Crippen molar-refractivity contribution in [1.82, 2.24) is 0 Å². The van der Waals surface area contributed by atoms with Gasteiger partial charge in [0.15, 0.2) is 0 Å². The Morgan fingerprint density at radius 1 is 0.815 bits per heavy atom. The Balaban J connectivity index is 1.98. The molecule has 0 bridgehead atoms. The van der Waals surface area contributed by atoms with Crippen molar-refractivity contribution in [2.45, 2.75) is 9.79 Å². The largest absolute Gasteiger partial charge is 0.219 e. The minimum Gasteiger partial charge on any atom is -0.219 e. The van der Waals surface area contributed by atoms with Gasteiger partial charge in [0, 0.05) is 11.6 Å². The molecule has 0 N–H and O–H groups in total. The summed E-state index contributed by atoms with van der Waals surface area (Å²) < 4.78 is 52.0. The van der Waals surface area contributed by atoms with Crippen LogP contribution in [0.15, 0.2) is 76.5 Å². The van der Waals surface area contributed by atoms with Gasteiger partial charge in [-0.3, -0.25) is 0 Å². The van der Waals surface area contributed by atoms with Gasteiger partial charge in [0.25, 0.3) is 0 Å². The molecule has 0 aliphatic heterocycles. The first-order valence-corrected chi connectivity index (χ1v) is 9.37. The maximum atomic E-state index is 13.7. The van der Waals surface area contributed by atoms with E-state index < -0.39 is 21.5 Å². The second kappa shape index (κ2) is 7.52. The fourth-order valence-electron chi connectivity index (χ4n) is 2.50. The predicted molar refractivity (Wildman–Crippen MR) is 98.3 cm³/mol. The van der Waals surface area contributed by atoms with Gasteiger partial charge in [-0.1, -0.05) is 36.4 Å². The average Bonchev–Trinajstić information content (AvgIpc) is 2.68. The van der Waals surface area contributed by atoms with Crippen LogP contribution < -0.4 is 0 Å². The Hall–Kier alpha value is -3.30. The van der Waals surface area contributed by atoms with E-state index in [0.717, 1.165) is 12.1 Å². The molecule has 0 aliphatic rings. The minimum absolute atomic E-state index is 0.00429. The second-order valence-electron chi connectivity index (χ2n) is 5.68. The maximum absolute atomic E-state index is 13.7. The lowest BCUT2D eigenvalue weighted by Gasteiger charge is -2.06. The Morgan fingerprint density at radius 2 is 1.48 bits per heavy atom. The van der Waals surface area contributed by atoms with E-state index in [9.17, 15) is 22.5 Å². The van der Waals surface area contributed by atoms with Gasteiger partial charge in [0.2, 0.25) is 9.84 Å². The molecule has 6 heteroatoms. The van der Waals surface area contributed by atoms with E-state index in [1.807, 2.05) is 6.07 Å². The van der Waals surface area contributed by atoms with E-state index in [1.54, 1.807) is 18.2 Å². The summed E-state index contributed by atoms with van der Waals surface area (Å²) in [6.07, 6.45) is 2.88. The lowest BCUT2D eigenvalue weighted by molar-refractivity contribution is 0.581. The minimum atomic E-state index is -3.74. The lowest BCUT2D eigenvalue weighted by atomic mass is 10.1. The van der Waals surface area contributed by atoms with Crippen molar-refractivity contribution >= 4 is 22.0 Å². The molecule has 0 aromatic heterocycles. The Kier molecular flexibility index (Phi) is 5.15. The zero-order chi connectivity index (χ0) is 19.4. The molecule has 0 heterocycles. The summed E-state index contributed by atoms with van der Waals surface area (Å²) in [5.74, 6) is -1.41. The number of nitrogens with zero attached hydrogens (tertiary/aromatic N) is 1. The van der Waals surface area contributed by atoms with Crippen molar-refractivity contribution in [3.63, 3.8) is 0 Å². The quantitative estimate of drug-likeness (QED) is 0.608. The number of rotatable bonds is 4. The first kappa shape index (κ1) is 18.5. The van der Waals surface area contributed by atoms with E-state index in [-0.39, 0.29) is 20.9 Å². The summed E-state index contributed by atoms with van der Waals surface area (Å²) in [4.78, 5) is 0.126. The number of sulfone groups is 1. The van der Waals surface area contributed by atoms with Crippen molar-refractivity contribution in [3.05, 3.63) is 95.1 Å². The van der Waals surface area contributed by atoms with Crippen LogP contribution in [0.5, 0.6) is 0 Å². The molecule has 0 amide bonds. The molecule has 3 rings (SSSR count). The highest BCUT2D eigenvalue weighted by atomic mass is 32.2. The van der Waals surface area contributed by atoms with Gasteiger partial charge >= 0.3 is 0 Å². The number of hydrogen-bond donors (Lipinski definition) is 0. The van der Waals surface area contributed by atoms with Crippen LogP contribution in [0.3, 0.4) is 0 Å². The molecule has 0 unspecified atom stereocenters. The monoisotopic (exact) mass is 381 g/mol. The normalized spacial score (nSPS) is 11.4. The fourth-order valence-corrected chi connectivity index (χ4v) is 3.80. The molecular formula is C21H13F2NO2S. The summed E-state index contributed by atoms with van der Waals surface area (Å²) in [7, 11) is -3.74. The molecule has 0 saturated carbocycles. The molecule has 3 aromatic rings. The maximum Gasteiger partial charge on any atom is 0.206 e. The highest BCUT2D eigenvalue weighted by Crippen LogP contribution is 2.24.